The summed E-state index contributed by atoms with van der Waals surface area (Å²) in [4.78, 5) is 38.6. The van der Waals surface area contributed by atoms with Crippen molar-refractivity contribution in [2.24, 2.45) is 0 Å². The van der Waals surface area contributed by atoms with E-state index in [2.05, 4.69) is 0 Å². The number of ketones is 2. The Morgan fingerprint density at radius 1 is 1.21 bits per heavy atom. The average molecular weight is 414 g/mol. The Balaban J connectivity index is 1.74. The average Bonchev–Trinajstić information content (AvgIpc) is 3.13. The number of amides is 1. The Bertz CT molecular complexity index is 917. The molecule has 0 saturated heterocycles. The zero-order valence-electron chi connectivity index (χ0n) is 16.9. The molecule has 1 aliphatic carbocycles. The number of phenolic OH excluding ortho intramolecular Hbond substituents is 1. The minimum absolute atomic E-state index is 0.0185. The fourth-order valence-corrected chi connectivity index (χ4v) is 4.71. The number of hydrogen-bond donors (Lipinski definition) is 1. The Kier molecular flexibility index (Phi) is 6.85. The second-order valence-electron chi connectivity index (χ2n) is 7.82. The molecule has 29 heavy (non-hydrogen) atoms. The van der Waals surface area contributed by atoms with E-state index in [1.165, 1.54) is 25.2 Å². The lowest BCUT2D eigenvalue weighted by atomic mass is 9.80. The van der Waals surface area contributed by atoms with E-state index in [0.29, 0.717) is 30.8 Å². The van der Waals surface area contributed by atoms with E-state index in [0.717, 1.165) is 36.0 Å². The molecule has 5 nitrogen and oxygen atoms in total. The standard InChI is InChI=1S/C23H27NO4S/c1-15(25)8-9-24(13-17-10-22(16(2)26)29-14-17)23(28)12-19-5-3-4-18-11-20(27)6-7-21(18)19/h6-7,10-11,14,19,27H,3-5,8-9,12-13H2,1-2H3. The van der Waals surface area contributed by atoms with Crippen LogP contribution in [0.1, 0.15) is 71.8 Å². The van der Waals surface area contributed by atoms with E-state index in [9.17, 15) is 19.5 Å². The summed E-state index contributed by atoms with van der Waals surface area (Å²) in [6, 6.07) is 7.25. The maximum Gasteiger partial charge on any atom is 0.223 e. The molecule has 1 heterocycles. The van der Waals surface area contributed by atoms with Gasteiger partial charge in [-0.2, -0.15) is 0 Å². The van der Waals surface area contributed by atoms with E-state index in [4.69, 9.17) is 0 Å². The molecule has 0 fully saturated rings. The van der Waals surface area contributed by atoms with Gasteiger partial charge in [0.2, 0.25) is 5.91 Å². The zero-order chi connectivity index (χ0) is 21.0. The second-order valence-corrected chi connectivity index (χ2v) is 8.73. The van der Waals surface area contributed by atoms with Crippen molar-refractivity contribution in [3.05, 3.63) is 51.2 Å². The number of rotatable bonds is 8. The molecule has 1 aromatic heterocycles. The summed E-state index contributed by atoms with van der Waals surface area (Å²) in [5.74, 6) is 0.480. The summed E-state index contributed by atoms with van der Waals surface area (Å²) in [5.41, 5.74) is 3.18. The number of aromatic hydroxyl groups is 1. The van der Waals surface area contributed by atoms with Gasteiger partial charge >= 0.3 is 0 Å². The number of carbonyl (C=O) groups is 3. The first kappa shape index (κ1) is 21.2. The lowest BCUT2D eigenvalue weighted by Gasteiger charge is -2.28. The number of fused-ring (bicyclic) bond motifs is 1. The first-order valence-electron chi connectivity index (χ1n) is 10.0. The minimum atomic E-state index is 0.0185. The molecular weight excluding hydrogens is 386 g/mol. The molecule has 1 N–H and O–H groups in total. The van der Waals surface area contributed by atoms with E-state index in [1.807, 2.05) is 17.5 Å². The van der Waals surface area contributed by atoms with Crippen LogP contribution in [0.25, 0.3) is 0 Å². The number of carbonyl (C=O) groups excluding carboxylic acids is 3. The van der Waals surface area contributed by atoms with Gasteiger partial charge in [-0.1, -0.05) is 6.07 Å². The van der Waals surface area contributed by atoms with Crippen molar-refractivity contribution in [3.8, 4) is 5.75 Å². The van der Waals surface area contributed by atoms with Gasteiger partial charge in [-0.3, -0.25) is 14.4 Å². The van der Waals surface area contributed by atoms with Crippen LogP contribution in [-0.4, -0.2) is 34.0 Å². The van der Waals surface area contributed by atoms with Gasteiger partial charge in [-0.05, 0) is 79.3 Å². The molecule has 2 aromatic rings. The van der Waals surface area contributed by atoms with Crippen molar-refractivity contribution >= 4 is 28.8 Å². The Morgan fingerprint density at radius 2 is 2.00 bits per heavy atom. The molecule has 0 spiro atoms. The van der Waals surface area contributed by atoms with Gasteiger partial charge in [-0.25, -0.2) is 0 Å². The topological polar surface area (TPSA) is 74.7 Å². The van der Waals surface area contributed by atoms with Crippen molar-refractivity contribution in [1.29, 1.82) is 0 Å². The van der Waals surface area contributed by atoms with Crippen LogP contribution in [0.2, 0.25) is 0 Å². The molecule has 0 radical (unpaired) electrons. The summed E-state index contributed by atoms with van der Waals surface area (Å²) in [5, 5.41) is 11.6. The summed E-state index contributed by atoms with van der Waals surface area (Å²) < 4.78 is 0. The SMILES string of the molecule is CC(=O)CCN(Cc1csc(C(C)=O)c1)C(=O)CC1CCCc2cc(O)ccc21. The lowest BCUT2D eigenvalue weighted by Crippen LogP contribution is -2.33. The van der Waals surface area contributed by atoms with Crippen molar-refractivity contribution in [1.82, 2.24) is 4.90 Å². The Morgan fingerprint density at radius 3 is 2.69 bits per heavy atom. The zero-order valence-corrected chi connectivity index (χ0v) is 17.8. The summed E-state index contributed by atoms with van der Waals surface area (Å²) in [6.45, 7) is 3.86. The molecule has 1 aromatic carbocycles. The van der Waals surface area contributed by atoms with Crippen LogP contribution < -0.4 is 0 Å². The summed E-state index contributed by atoms with van der Waals surface area (Å²) in [7, 11) is 0. The van der Waals surface area contributed by atoms with Gasteiger partial charge in [-0.15, -0.1) is 11.3 Å². The third-order valence-corrected chi connectivity index (χ3v) is 6.53. The minimum Gasteiger partial charge on any atom is -0.508 e. The van der Waals surface area contributed by atoms with Crippen molar-refractivity contribution in [3.63, 3.8) is 0 Å². The number of aryl methyl sites for hydroxylation is 1. The molecule has 1 unspecified atom stereocenters. The monoisotopic (exact) mass is 413 g/mol. The fraction of sp³-hybridized carbons (Fsp3) is 0.435. The maximum atomic E-state index is 13.1. The molecule has 154 valence electrons. The van der Waals surface area contributed by atoms with Crippen LogP contribution in [0, 0.1) is 0 Å². The van der Waals surface area contributed by atoms with Crippen LogP contribution in [0.15, 0.2) is 29.6 Å². The quantitative estimate of drug-likeness (QED) is 0.648. The molecule has 6 heteroatoms. The predicted octanol–water partition coefficient (Wildman–Crippen LogP) is 4.47. The molecular formula is C23H27NO4S. The molecule has 0 saturated carbocycles. The van der Waals surface area contributed by atoms with Gasteiger partial charge in [0.15, 0.2) is 5.78 Å². The molecule has 0 aliphatic heterocycles. The van der Waals surface area contributed by atoms with Crippen LogP contribution in [-0.2, 0) is 22.6 Å². The highest BCUT2D eigenvalue weighted by atomic mass is 32.1. The molecule has 1 aliphatic rings. The van der Waals surface area contributed by atoms with E-state index < -0.39 is 0 Å². The third kappa shape index (κ3) is 5.54. The van der Waals surface area contributed by atoms with Gasteiger partial charge in [0, 0.05) is 25.9 Å². The largest absolute Gasteiger partial charge is 0.508 e. The van der Waals surface area contributed by atoms with E-state index in [-0.39, 0.29) is 29.1 Å². The van der Waals surface area contributed by atoms with Crippen LogP contribution in [0.3, 0.4) is 0 Å². The second kappa shape index (κ2) is 9.35. The number of Topliss-reactive ketones (excluding diaryl/α,β-unsaturated/α-hetero) is 2. The van der Waals surface area contributed by atoms with Crippen molar-refractivity contribution in [2.75, 3.05) is 6.54 Å². The normalized spacial score (nSPS) is 15.6. The number of nitrogens with zero attached hydrogens (tertiary/aromatic N) is 1. The summed E-state index contributed by atoms with van der Waals surface area (Å²) in [6.07, 6.45) is 3.57. The first-order valence-corrected chi connectivity index (χ1v) is 10.9. The number of hydrogen-bond acceptors (Lipinski definition) is 5. The van der Waals surface area contributed by atoms with Crippen LogP contribution >= 0.6 is 11.3 Å². The van der Waals surface area contributed by atoms with Gasteiger partial charge in [0.05, 0.1) is 4.88 Å². The van der Waals surface area contributed by atoms with Gasteiger partial charge in [0.1, 0.15) is 11.5 Å². The van der Waals surface area contributed by atoms with E-state index >= 15 is 0 Å². The highest BCUT2D eigenvalue weighted by Gasteiger charge is 2.26. The maximum absolute atomic E-state index is 13.1. The number of thiophene rings is 1. The van der Waals surface area contributed by atoms with E-state index in [1.54, 1.807) is 17.0 Å². The molecule has 1 atom stereocenters. The molecule has 3 rings (SSSR count). The number of benzene rings is 1. The Hall–Kier alpha value is -2.47. The number of phenols is 1. The van der Waals surface area contributed by atoms with Gasteiger partial charge < -0.3 is 10.0 Å². The lowest BCUT2D eigenvalue weighted by molar-refractivity contribution is -0.132. The molecule has 0 bridgehead atoms. The molecule has 1 amide bonds. The Labute approximate surface area is 175 Å². The van der Waals surface area contributed by atoms with Crippen molar-refractivity contribution in [2.45, 2.75) is 58.4 Å². The van der Waals surface area contributed by atoms with Crippen molar-refractivity contribution < 1.29 is 19.5 Å². The third-order valence-electron chi connectivity index (χ3n) is 5.45. The predicted molar refractivity (Wildman–Crippen MR) is 113 cm³/mol. The van der Waals surface area contributed by atoms with Crippen LogP contribution in [0.4, 0.5) is 0 Å². The first-order chi connectivity index (χ1) is 13.8. The smallest absolute Gasteiger partial charge is 0.223 e. The summed E-state index contributed by atoms with van der Waals surface area (Å²) >= 11 is 1.39. The highest BCUT2D eigenvalue weighted by Crippen LogP contribution is 2.36. The van der Waals surface area contributed by atoms with Crippen LogP contribution in [0.5, 0.6) is 5.75 Å². The fourth-order valence-electron chi connectivity index (χ4n) is 3.90. The van der Waals surface area contributed by atoms with Gasteiger partial charge in [0.25, 0.3) is 0 Å². The highest BCUT2D eigenvalue weighted by molar-refractivity contribution is 7.12.